The van der Waals surface area contributed by atoms with Gasteiger partial charge in [0.25, 0.3) is 5.69 Å². The van der Waals surface area contributed by atoms with Gasteiger partial charge in [0.2, 0.25) is 0 Å². The number of aromatic nitrogens is 1. The highest BCUT2D eigenvalue weighted by Crippen LogP contribution is 2.33. The van der Waals surface area contributed by atoms with Crippen LogP contribution >= 0.6 is 0 Å². The number of nitro groups is 1. The fourth-order valence-electron chi connectivity index (χ4n) is 4.13. The average molecular weight is 375 g/mol. The van der Waals surface area contributed by atoms with Crippen LogP contribution in [0.15, 0.2) is 66.9 Å². The summed E-state index contributed by atoms with van der Waals surface area (Å²) < 4.78 is 2.34. The van der Waals surface area contributed by atoms with Crippen LogP contribution in [0.3, 0.4) is 0 Å². The van der Waals surface area contributed by atoms with Gasteiger partial charge in [-0.3, -0.25) is 15.0 Å². The van der Waals surface area contributed by atoms with Crippen LogP contribution in [0.2, 0.25) is 0 Å². The molecule has 0 saturated carbocycles. The number of nitro benzene ring substituents is 1. The Kier molecular flexibility index (Phi) is 5.26. The normalized spacial score (nSPS) is 17.1. The fourth-order valence-corrected chi connectivity index (χ4v) is 4.13. The number of aryl methyl sites for hydroxylation is 2. The molecule has 0 fully saturated rings. The second kappa shape index (κ2) is 7.98. The van der Waals surface area contributed by atoms with Gasteiger partial charge in [0.15, 0.2) is 0 Å². The highest BCUT2D eigenvalue weighted by Gasteiger charge is 2.27. The van der Waals surface area contributed by atoms with Gasteiger partial charge in [0.05, 0.1) is 11.0 Å². The maximum Gasteiger partial charge on any atom is 0.269 e. The first kappa shape index (κ1) is 18.4. The maximum absolute atomic E-state index is 11.2. The molecule has 0 saturated heterocycles. The van der Waals surface area contributed by atoms with Crippen molar-refractivity contribution in [2.75, 3.05) is 6.54 Å². The van der Waals surface area contributed by atoms with Crippen LogP contribution in [0, 0.1) is 10.1 Å². The molecule has 28 heavy (non-hydrogen) atoms. The molecule has 1 aromatic heterocycles. The van der Waals surface area contributed by atoms with E-state index in [-0.39, 0.29) is 16.7 Å². The zero-order valence-corrected chi connectivity index (χ0v) is 16.1. The molecule has 1 aliphatic heterocycles. The Balaban J connectivity index is 1.71. The first-order valence-corrected chi connectivity index (χ1v) is 9.87. The lowest BCUT2D eigenvalue weighted by atomic mass is 9.99. The van der Waals surface area contributed by atoms with Gasteiger partial charge < -0.3 is 4.57 Å². The molecular weight excluding hydrogens is 350 g/mol. The Hall–Kier alpha value is -2.92. The number of nitrogens with zero attached hydrogens (tertiary/aromatic N) is 3. The van der Waals surface area contributed by atoms with E-state index in [1.807, 2.05) is 6.07 Å². The van der Waals surface area contributed by atoms with E-state index in [9.17, 15) is 10.1 Å². The summed E-state index contributed by atoms with van der Waals surface area (Å²) in [7, 11) is 0. The number of non-ortho nitro benzene ring substituents is 1. The summed E-state index contributed by atoms with van der Waals surface area (Å²) in [5.74, 6) is 0. The molecule has 5 nitrogen and oxygen atoms in total. The minimum absolute atomic E-state index is 0.141. The summed E-state index contributed by atoms with van der Waals surface area (Å²) in [6.45, 7) is 4.80. The van der Waals surface area contributed by atoms with E-state index < -0.39 is 0 Å². The predicted molar refractivity (Wildman–Crippen MR) is 110 cm³/mol. The lowest BCUT2D eigenvalue weighted by Crippen LogP contribution is -2.29. The lowest BCUT2D eigenvalue weighted by molar-refractivity contribution is -0.384. The molecule has 2 aromatic carbocycles. The SMILES string of the molecule is CCc1ccc(C2c3cccn3CCCN2Cc2cccc([N+](=O)[O-])c2)cc1. The van der Waals surface area contributed by atoms with Crippen molar-refractivity contribution < 1.29 is 4.92 Å². The third-order valence-corrected chi connectivity index (χ3v) is 5.57. The van der Waals surface area contributed by atoms with Gasteiger partial charge in [-0.1, -0.05) is 43.3 Å². The quantitative estimate of drug-likeness (QED) is 0.468. The summed E-state index contributed by atoms with van der Waals surface area (Å²) in [6.07, 6.45) is 4.23. The molecule has 1 atom stereocenters. The van der Waals surface area contributed by atoms with Crippen molar-refractivity contribution in [3.63, 3.8) is 0 Å². The number of hydrogen-bond donors (Lipinski definition) is 0. The van der Waals surface area contributed by atoms with E-state index in [2.05, 4.69) is 59.0 Å². The second-order valence-electron chi connectivity index (χ2n) is 7.38. The Morgan fingerprint density at radius 3 is 2.61 bits per heavy atom. The smallest absolute Gasteiger partial charge is 0.269 e. The minimum Gasteiger partial charge on any atom is -0.350 e. The molecule has 1 unspecified atom stereocenters. The van der Waals surface area contributed by atoms with E-state index in [0.717, 1.165) is 31.5 Å². The van der Waals surface area contributed by atoms with E-state index >= 15 is 0 Å². The molecule has 0 bridgehead atoms. The van der Waals surface area contributed by atoms with Crippen molar-refractivity contribution in [3.05, 3.63) is 99.4 Å². The van der Waals surface area contributed by atoms with Crippen molar-refractivity contribution in [2.45, 2.75) is 38.9 Å². The molecule has 0 spiro atoms. The zero-order valence-electron chi connectivity index (χ0n) is 16.1. The van der Waals surface area contributed by atoms with E-state index in [1.165, 1.54) is 16.8 Å². The third kappa shape index (κ3) is 3.71. The van der Waals surface area contributed by atoms with Crippen LogP contribution in [-0.2, 0) is 19.5 Å². The lowest BCUT2D eigenvalue weighted by Gasteiger charge is -2.30. The fraction of sp³-hybridized carbons (Fsp3) is 0.304. The number of fused-ring (bicyclic) bond motifs is 1. The van der Waals surface area contributed by atoms with Crippen LogP contribution in [-0.4, -0.2) is 20.9 Å². The van der Waals surface area contributed by atoms with Crippen molar-refractivity contribution in [1.82, 2.24) is 9.47 Å². The summed E-state index contributed by atoms with van der Waals surface area (Å²) in [5, 5.41) is 11.2. The molecule has 1 aliphatic rings. The van der Waals surface area contributed by atoms with Gasteiger partial charge in [-0.25, -0.2) is 0 Å². The van der Waals surface area contributed by atoms with Gasteiger partial charge in [-0.15, -0.1) is 0 Å². The Bertz CT molecular complexity index is 962. The van der Waals surface area contributed by atoms with E-state index in [1.54, 1.807) is 18.2 Å². The van der Waals surface area contributed by atoms with E-state index in [4.69, 9.17) is 0 Å². The highest BCUT2D eigenvalue weighted by atomic mass is 16.6. The molecule has 3 aromatic rings. The van der Waals surface area contributed by atoms with Gasteiger partial charge in [0, 0.05) is 43.7 Å². The van der Waals surface area contributed by atoms with Crippen LogP contribution in [0.1, 0.15) is 41.8 Å². The van der Waals surface area contributed by atoms with Crippen LogP contribution in [0.4, 0.5) is 5.69 Å². The summed E-state index contributed by atoms with van der Waals surface area (Å²) >= 11 is 0. The molecule has 144 valence electrons. The van der Waals surface area contributed by atoms with Crippen LogP contribution < -0.4 is 0 Å². The molecule has 0 aliphatic carbocycles. The second-order valence-corrected chi connectivity index (χ2v) is 7.38. The minimum atomic E-state index is -0.321. The monoisotopic (exact) mass is 375 g/mol. The van der Waals surface area contributed by atoms with E-state index in [0.29, 0.717) is 6.54 Å². The number of rotatable bonds is 5. The standard InChI is InChI=1S/C23H25N3O2/c1-2-18-9-11-20(12-10-18)23-22-8-4-13-24(22)14-5-15-25(23)17-19-6-3-7-21(16-19)26(27)28/h3-4,6-13,16,23H,2,5,14-15,17H2,1H3. The van der Waals surface area contributed by atoms with Gasteiger partial charge in [-0.2, -0.15) is 0 Å². The number of hydrogen-bond acceptors (Lipinski definition) is 3. The molecular formula is C23H25N3O2. The maximum atomic E-state index is 11.2. The summed E-state index contributed by atoms with van der Waals surface area (Å²) in [4.78, 5) is 13.3. The third-order valence-electron chi connectivity index (χ3n) is 5.57. The van der Waals surface area contributed by atoms with Crippen molar-refractivity contribution >= 4 is 5.69 Å². The molecule has 0 radical (unpaired) electrons. The van der Waals surface area contributed by atoms with Gasteiger partial charge in [-0.05, 0) is 41.7 Å². The van der Waals surface area contributed by atoms with Crippen molar-refractivity contribution in [2.24, 2.45) is 0 Å². The van der Waals surface area contributed by atoms with Gasteiger partial charge >= 0.3 is 0 Å². The zero-order chi connectivity index (χ0) is 19.5. The van der Waals surface area contributed by atoms with Crippen molar-refractivity contribution in [1.29, 1.82) is 0 Å². The van der Waals surface area contributed by atoms with Crippen LogP contribution in [0.25, 0.3) is 0 Å². The van der Waals surface area contributed by atoms with Crippen LogP contribution in [0.5, 0.6) is 0 Å². The Labute approximate surface area is 165 Å². The molecule has 2 heterocycles. The van der Waals surface area contributed by atoms with Gasteiger partial charge in [0.1, 0.15) is 0 Å². The molecule has 4 rings (SSSR count). The summed E-state index contributed by atoms with van der Waals surface area (Å²) in [6, 6.07) is 20.3. The molecule has 0 amide bonds. The summed E-state index contributed by atoms with van der Waals surface area (Å²) in [5.41, 5.74) is 5.01. The number of benzene rings is 2. The Morgan fingerprint density at radius 2 is 1.86 bits per heavy atom. The largest absolute Gasteiger partial charge is 0.350 e. The highest BCUT2D eigenvalue weighted by molar-refractivity contribution is 5.36. The predicted octanol–water partition coefficient (Wildman–Crippen LogP) is 4.95. The molecule has 5 heteroatoms. The molecule has 0 N–H and O–H groups in total. The van der Waals surface area contributed by atoms with Crippen molar-refractivity contribution in [3.8, 4) is 0 Å². The first-order chi connectivity index (χ1) is 13.7. The Morgan fingerprint density at radius 1 is 1.04 bits per heavy atom. The topological polar surface area (TPSA) is 51.3 Å². The average Bonchev–Trinajstić information content (AvgIpc) is 3.10. The first-order valence-electron chi connectivity index (χ1n) is 9.87.